The fourth-order valence-electron chi connectivity index (χ4n) is 1.65. The number of nitrogens with one attached hydrogen (secondary N) is 2. The van der Waals surface area contributed by atoms with E-state index in [9.17, 15) is 9.59 Å². The standard InChI is InChI=1S/C13H20N2O4/c1-3-11(12(16)17)15-13(18)14-9(2)6-7-10-5-4-8-19-10/h4-5,8-9,11H,3,6-7H2,1-2H3,(H,16,17)(H2,14,15,18)/t9?,11-/m1/s1. The van der Waals surface area contributed by atoms with Crippen LogP contribution in [0.25, 0.3) is 0 Å². The minimum atomic E-state index is -1.03. The number of hydrogen-bond acceptors (Lipinski definition) is 3. The lowest BCUT2D eigenvalue weighted by molar-refractivity contribution is -0.139. The number of carbonyl (C=O) groups excluding carboxylic acids is 1. The molecule has 0 aliphatic rings. The molecule has 0 radical (unpaired) electrons. The van der Waals surface area contributed by atoms with Crippen molar-refractivity contribution in [2.75, 3.05) is 0 Å². The number of hydrogen-bond donors (Lipinski definition) is 3. The summed E-state index contributed by atoms with van der Waals surface area (Å²) < 4.78 is 5.20. The maximum absolute atomic E-state index is 11.6. The summed E-state index contributed by atoms with van der Waals surface area (Å²) in [5.74, 6) is -0.160. The number of urea groups is 1. The molecule has 2 amide bonds. The Morgan fingerprint density at radius 3 is 2.68 bits per heavy atom. The third-order valence-corrected chi connectivity index (χ3v) is 2.79. The van der Waals surface area contributed by atoms with E-state index in [4.69, 9.17) is 9.52 Å². The summed E-state index contributed by atoms with van der Waals surface area (Å²) in [6.45, 7) is 3.57. The molecule has 1 unspecified atom stereocenters. The van der Waals surface area contributed by atoms with Crippen molar-refractivity contribution in [3.63, 3.8) is 0 Å². The zero-order valence-electron chi connectivity index (χ0n) is 11.2. The van der Waals surface area contributed by atoms with Gasteiger partial charge in [0, 0.05) is 12.5 Å². The Kier molecular flexibility index (Phi) is 5.92. The molecule has 0 fully saturated rings. The van der Waals surface area contributed by atoms with Crippen LogP contribution >= 0.6 is 0 Å². The molecule has 106 valence electrons. The van der Waals surface area contributed by atoms with Gasteiger partial charge in [0.1, 0.15) is 11.8 Å². The molecule has 3 N–H and O–H groups in total. The van der Waals surface area contributed by atoms with Gasteiger partial charge in [0.25, 0.3) is 0 Å². The lowest BCUT2D eigenvalue weighted by Crippen LogP contribution is -2.48. The van der Waals surface area contributed by atoms with Crippen LogP contribution in [0, 0.1) is 0 Å². The van der Waals surface area contributed by atoms with Gasteiger partial charge in [-0.1, -0.05) is 6.92 Å². The van der Waals surface area contributed by atoms with Crippen LogP contribution in [0.3, 0.4) is 0 Å². The molecule has 1 rings (SSSR count). The quantitative estimate of drug-likeness (QED) is 0.702. The van der Waals surface area contributed by atoms with Gasteiger partial charge >= 0.3 is 12.0 Å². The molecule has 0 aliphatic heterocycles. The van der Waals surface area contributed by atoms with Crippen molar-refractivity contribution >= 4 is 12.0 Å². The summed E-state index contributed by atoms with van der Waals surface area (Å²) in [6, 6.07) is 2.33. The maximum Gasteiger partial charge on any atom is 0.326 e. The fraction of sp³-hybridized carbons (Fsp3) is 0.538. The van der Waals surface area contributed by atoms with E-state index in [0.29, 0.717) is 6.42 Å². The van der Waals surface area contributed by atoms with Gasteiger partial charge in [-0.15, -0.1) is 0 Å². The number of rotatable bonds is 7. The number of furan rings is 1. The van der Waals surface area contributed by atoms with Gasteiger partial charge < -0.3 is 20.2 Å². The average Bonchev–Trinajstić information content (AvgIpc) is 2.86. The van der Waals surface area contributed by atoms with Gasteiger partial charge in [0.2, 0.25) is 0 Å². The van der Waals surface area contributed by atoms with E-state index in [2.05, 4.69) is 10.6 Å². The maximum atomic E-state index is 11.6. The lowest BCUT2D eigenvalue weighted by Gasteiger charge is -2.17. The topological polar surface area (TPSA) is 91.6 Å². The van der Waals surface area contributed by atoms with Crippen molar-refractivity contribution in [2.45, 2.75) is 45.2 Å². The predicted octanol–water partition coefficient (Wildman–Crippen LogP) is 1.76. The molecule has 1 heterocycles. The van der Waals surface area contributed by atoms with Crippen LogP contribution < -0.4 is 10.6 Å². The third-order valence-electron chi connectivity index (χ3n) is 2.79. The van der Waals surface area contributed by atoms with Gasteiger partial charge in [-0.2, -0.15) is 0 Å². The molecular formula is C13H20N2O4. The zero-order chi connectivity index (χ0) is 14.3. The predicted molar refractivity (Wildman–Crippen MR) is 69.9 cm³/mol. The highest BCUT2D eigenvalue weighted by Crippen LogP contribution is 2.05. The highest BCUT2D eigenvalue weighted by atomic mass is 16.4. The van der Waals surface area contributed by atoms with Crippen molar-refractivity contribution in [1.82, 2.24) is 10.6 Å². The largest absolute Gasteiger partial charge is 0.480 e. The first-order chi connectivity index (χ1) is 9.02. The number of amides is 2. The van der Waals surface area contributed by atoms with E-state index in [1.54, 1.807) is 13.2 Å². The molecule has 6 heteroatoms. The van der Waals surface area contributed by atoms with Gasteiger partial charge in [-0.05, 0) is 31.9 Å². The number of carboxylic acids is 1. The summed E-state index contributed by atoms with van der Waals surface area (Å²) in [4.78, 5) is 22.4. The SMILES string of the molecule is CC[C@@H](NC(=O)NC(C)CCc1ccco1)C(=O)O. The molecule has 0 aliphatic carbocycles. The first-order valence-corrected chi connectivity index (χ1v) is 6.35. The summed E-state index contributed by atoms with van der Waals surface area (Å²) in [6.07, 6.45) is 3.41. The molecule has 0 saturated carbocycles. The summed E-state index contributed by atoms with van der Waals surface area (Å²) >= 11 is 0. The third kappa shape index (κ3) is 5.46. The van der Waals surface area contributed by atoms with E-state index in [-0.39, 0.29) is 6.04 Å². The summed E-state index contributed by atoms with van der Waals surface area (Å²) in [5.41, 5.74) is 0. The van der Waals surface area contributed by atoms with Crippen LogP contribution in [0.2, 0.25) is 0 Å². The van der Waals surface area contributed by atoms with Crippen molar-refractivity contribution in [3.05, 3.63) is 24.2 Å². The Morgan fingerprint density at radius 2 is 2.16 bits per heavy atom. The summed E-state index contributed by atoms with van der Waals surface area (Å²) in [7, 11) is 0. The molecule has 0 saturated heterocycles. The van der Waals surface area contributed by atoms with Gasteiger partial charge in [-0.3, -0.25) is 0 Å². The van der Waals surface area contributed by atoms with Gasteiger partial charge in [0.05, 0.1) is 6.26 Å². The monoisotopic (exact) mass is 268 g/mol. The van der Waals surface area contributed by atoms with Crippen molar-refractivity contribution in [1.29, 1.82) is 0 Å². The second kappa shape index (κ2) is 7.45. The Labute approximate surface area is 112 Å². The molecule has 6 nitrogen and oxygen atoms in total. The first kappa shape index (κ1) is 15.1. The molecule has 0 bridgehead atoms. The minimum absolute atomic E-state index is 0.0589. The molecule has 0 aromatic carbocycles. The van der Waals surface area contributed by atoms with Crippen LogP contribution in [-0.2, 0) is 11.2 Å². The lowest BCUT2D eigenvalue weighted by atomic mass is 10.1. The van der Waals surface area contributed by atoms with E-state index in [0.717, 1.165) is 18.6 Å². The second-order valence-corrected chi connectivity index (χ2v) is 4.44. The Morgan fingerprint density at radius 1 is 1.42 bits per heavy atom. The Hall–Kier alpha value is -1.98. The van der Waals surface area contributed by atoms with Crippen LogP contribution in [-0.4, -0.2) is 29.2 Å². The van der Waals surface area contributed by atoms with Crippen LogP contribution in [0.5, 0.6) is 0 Å². The van der Waals surface area contributed by atoms with E-state index in [1.165, 1.54) is 0 Å². The van der Waals surface area contributed by atoms with Crippen LogP contribution in [0.4, 0.5) is 4.79 Å². The van der Waals surface area contributed by atoms with E-state index < -0.39 is 18.0 Å². The zero-order valence-corrected chi connectivity index (χ0v) is 11.2. The Balaban J connectivity index is 2.29. The van der Waals surface area contributed by atoms with Crippen molar-refractivity contribution in [3.8, 4) is 0 Å². The highest BCUT2D eigenvalue weighted by Gasteiger charge is 2.18. The van der Waals surface area contributed by atoms with Crippen molar-refractivity contribution in [2.24, 2.45) is 0 Å². The number of aliphatic carboxylic acids is 1. The normalized spacial score (nSPS) is 13.6. The number of carboxylic acid groups (broad SMARTS) is 1. The number of aryl methyl sites for hydroxylation is 1. The van der Waals surface area contributed by atoms with Crippen molar-refractivity contribution < 1.29 is 19.1 Å². The number of carbonyl (C=O) groups is 2. The van der Waals surface area contributed by atoms with Crippen LogP contribution in [0.15, 0.2) is 22.8 Å². The van der Waals surface area contributed by atoms with E-state index >= 15 is 0 Å². The molecule has 0 spiro atoms. The highest BCUT2D eigenvalue weighted by molar-refractivity contribution is 5.82. The molecular weight excluding hydrogens is 248 g/mol. The Bertz CT molecular complexity index is 403. The van der Waals surface area contributed by atoms with E-state index in [1.807, 2.05) is 19.1 Å². The smallest absolute Gasteiger partial charge is 0.326 e. The fourth-order valence-corrected chi connectivity index (χ4v) is 1.65. The average molecular weight is 268 g/mol. The molecule has 19 heavy (non-hydrogen) atoms. The second-order valence-electron chi connectivity index (χ2n) is 4.44. The van der Waals surface area contributed by atoms with Gasteiger partial charge in [-0.25, -0.2) is 9.59 Å². The first-order valence-electron chi connectivity index (χ1n) is 6.35. The molecule has 1 aromatic heterocycles. The van der Waals surface area contributed by atoms with Crippen LogP contribution in [0.1, 0.15) is 32.4 Å². The molecule has 1 aromatic rings. The molecule has 2 atom stereocenters. The summed E-state index contributed by atoms with van der Waals surface area (Å²) in [5, 5.41) is 14.0. The minimum Gasteiger partial charge on any atom is -0.480 e. The van der Waals surface area contributed by atoms with Gasteiger partial charge in [0.15, 0.2) is 0 Å².